The Hall–Kier alpha value is -1.38. The molecule has 3 heteroatoms. The minimum Gasteiger partial charge on any atom is -0.466 e. The third kappa shape index (κ3) is 1.34. The van der Waals surface area contributed by atoms with Crippen molar-refractivity contribution in [1.82, 2.24) is 0 Å². The lowest BCUT2D eigenvalue weighted by atomic mass is 9.50. The van der Waals surface area contributed by atoms with E-state index in [0.717, 1.165) is 5.57 Å². The quantitative estimate of drug-likeness (QED) is 0.516. The minimum absolute atomic E-state index is 0.0501. The van der Waals surface area contributed by atoms with Crippen LogP contribution in [0.4, 0.5) is 0 Å². The van der Waals surface area contributed by atoms with Crippen LogP contribution in [-0.2, 0) is 14.3 Å². The van der Waals surface area contributed by atoms with Gasteiger partial charge in [0.2, 0.25) is 0 Å². The van der Waals surface area contributed by atoms with Gasteiger partial charge in [-0.05, 0) is 13.3 Å². The standard InChI is InChI=1S/C14H18O3/c1-8-7-14(4)10(11(15)17-5)6-9(8)13(2,3)12(14)16/h6,9H,1,7H2,2-5H3. The van der Waals surface area contributed by atoms with Crippen molar-refractivity contribution in [3.05, 3.63) is 23.8 Å². The molecule has 3 nitrogen and oxygen atoms in total. The molecule has 2 bridgehead atoms. The maximum absolute atomic E-state index is 12.5. The highest BCUT2D eigenvalue weighted by atomic mass is 16.5. The van der Waals surface area contributed by atoms with Crippen molar-refractivity contribution < 1.29 is 14.3 Å². The lowest BCUT2D eigenvalue weighted by Gasteiger charge is -2.51. The highest BCUT2D eigenvalue weighted by molar-refractivity contribution is 6.05. The summed E-state index contributed by atoms with van der Waals surface area (Å²) in [6.07, 6.45) is 2.43. The van der Waals surface area contributed by atoms with E-state index in [1.807, 2.05) is 26.8 Å². The predicted octanol–water partition coefficient (Wildman–Crippen LogP) is 2.28. The van der Waals surface area contributed by atoms with Crippen LogP contribution < -0.4 is 0 Å². The van der Waals surface area contributed by atoms with Gasteiger partial charge in [-0.3, -0.25) is 4.79 Å². The molecule has 3 aliphatic carbocycles. The summed E-state index contributed by atoms with van der Waals surface area (Å²) in [6, 6.07) is 0. The first-order valence-electron chi connectivity index (χ1n) is 5.78. The number of hydrogen-bond donors (Lipinski definition) is 0. The maximum Gasteiger partial charge on any atom is 0.334 e. The normalized spacial score (nSPS) is 34.6. The number of rotatable bonds is 1. The molecule has 0 amide bonds. The van der Waals surface area contributed by atoms with Crippen molar-refractivity contribution >= 4 is 11.8 Å². The Morgan fingerprint density at radius 3 is 2.59 bits per heavy atom. The van der Waals surface area contributed by atoms with E-state index >= 15 is 0 Å². The molecule has 0 aliphatic heterocycles. The van der Waals surface area contributed by atoms with E-state index in [0.29, 0.717) is 12.0 Å². The van der Waals surface area contributed by atoms with E-state index in [9.17, 15) is 9.59 Å². The van der Waals surface area contributed by atoms with Gasteiger partial charge >= 0.3 is 5.97 Å². The molecule has 2 atom stereocenters. The van der Waals surface area contributed by atoms with Crippen LogP contribution in [0.15, 0.2) is 23.8 Å². The van der Waals surface area contributed by atoms with E-state index in [2.05, 4.69) is 6.58 Å². The smallest absolute Gasteiger partial charge is 0.334 e. The number of carbonyl (C=O) groups excluding carboxylic acids is 2. The van der Waals surface area contributed by atoms with E-state index in [-0.39, 0.29) is 11.7 Å². The highest BCUT2D eigenvalue weighted by Crippen LogP contribution is 2.57. The second kappa shape index (κ2) is 3.31. The largest absolute Gasteiger partial charge is 0.466 e. The van der Waals surface area contributed by atoms with Crippen molar-refractivity contribution in [2.24, 2.45) is 16.7 Å². The maximum atomic E-state index is 12.5. The summed E-state index contributed by atoms with van der Waals surface area (Å²) in [4.78, 5) is 24.3. The van der Waals surface area contributed by atoms with Crippen molar-refractivity contribution in [3.63, 3.8) is 0 Å². The van der Waals surface area contributed by atoms with Gasteiger partial charge in [-0.25, -0.2) is 4.79 Å². The SMILES string of the molecule is C=C1CC2(C)C(=O)C(C)(C)C1C=C2C(=O)OC. The molecule has 1 fully saturated rings. The molecule has 0 N–H and O–H groups in total. The average molecular weight is 234 g/mol. The van der Waals surface area contributed by atoms with Gasteiger partial charge in [0.1, 0.15) is 5.78 Å². The van der Waals surface area contributed by atoms with Gasteiger partial charge in [-0.15, -0.1) is 0 Å². The molecule has 2 unspecified atom stereocenters. The van der Waals surface area contributed by atoms with Crippen LogP contribution >= 0.6 is 0 Å². The molecule has 1 saturated carbocycles. The van der Waals surface area contributed by atoms with Crippen LogP contribution in [0.5, 0.6) is 0 Å². The fraction of sp³-hybridized carbons (Fsp3) is 0.571. The Morgan fingerprint density at radius 1 is 1.47 bits per heavy atom. The minimum atomic E-state index is -0.761. The molecule has 0 spiro atoms. The van der Waals surface area contributed by atoms with Gasteiger partial charge in [0.25, 0.3) is 0 Å². The van der Waals surface area contributed by atoms with E-state index in [4.69, 9.17) is 4.74 Å². The van der Waals surface area contributed by atoms with Crippen molar-refractivity contribution in [2.75, 3.05) is 7.11 Å². The number of ketones is 1. The molecule has 3 aliphatic rings. The van der Waals surface area contributed by atoms with E-state index < -0.39 is 16.8 Å². The molecule has 0 aromatic heterocycles. The fourth-order valence-corrected chi connectivity index (χ4v) is 3.30. The Kier molecular flexibility index (Phi) is 2.35. The number of allylic oxidation sites excluding steroid dienone is 2. The molecule has 92 valence electrons. The Labute approximate surface area is 102 Å². The van der Waals surface area contributed by atoms with Gasteiger partial charge in [-0.1, -0.05) is 32.1 Å². The topological polar surface area (TPSA) is 43.4 Å². The second-order valence-corrected chi connectivity index (χ2v) is 5.77. The molecule has 0 saturated heterocycles. The third-order valence-corrected chi connectivity index (χ3v) is 4.22. The number of fused-ring (bicyclic) bond motifs is 2. The van der Waals surface area contributed by atoms with Crippen LogP contribution in [-0.4, -0.2) is 18.9 Å². The van der Waals surface area contributed by atoms with Crippen LogP contribution in [0.25, 0.3) is 0 Å². The lowest BCUT2D eigenvalue weighted by Crippen LogP contribution is -2.54. The zero-order valence-electron chi connectivity index (χ0n) is 10.8. The number of Topliss-reactive ketones (excluding diaryl/α,β-unsaturated/α-hetero) is 1. The number of carbonyl (C=O) groups is 2. The van der Waals surface area contributed by atoms with Crippen molar-refractivity contribution in [1.29, 1.82) is 0 Å². The van der Waals surface area contributed by atoms with Gasteiger partial charge in [-0.2, -0.15) is 0 Å². The Balaban J connectivity index is 2.62. The molecule has 0 heterocycles. The van der Waals surface area contributed by atoms with Crippen LogP contribution in [0, 0.1) is 16.7 Å². The summed E-state index contributed by atoms with van der Waals surface area (Å²) >= 11 is 0. The summed E-state index contributed by atoms with van der Waals surface area (Å²) < 4.78 is 4.77. The zero-order valence-corrected chi connectivity index (χ0v) is 10.8. The molecule has 0 radical (unpaired) electrons. The van der Waals surface area contributed by atoms with E-state index in [1.54, 1.807) is 0 Å². The Morgan fingerprint density at radius 2 is 2.06 bits per heavy atom. The molecule has 0 aromatic carbocycles. The second-order valence-electron chi connectivity index (χ2n) is 5.77. The lowest BCUT2D eigenvalue weighted by molar-refractivity contribution is -0.147. The number of hydrogen-bond acceptors (Lipinski definition) is 3. The number of esters is 1. The van der Waals surface area contributed by atoms with Gasteiger partial charge in [0.05, 0.1) is 12.5 Å². The third-order valence-electron chi connectivity index (χ3n) is 4.22. The average Bonchev–Trinajstić information content (AvgIpc) is 2.24. The highest BCUT2D eigenvalue weighted by Gasteiger charge is 2.58. The number of ether oxygens (including phenoxy) is 1. The molecule has 17 heavy (non-hydrogen) atoms. The first-order valence-corrected chi connectivity index (χ1v) is 5.78. The van der Waals surface area contributed by atoms with E-state index in [1.165, 1.54) is 7.11 Å². The number of methoxy groups -OCH3 is 1. The van der Waals surface area contributed by atoms with Crippen molar-refractivity contribution in [2.45, 2.75) is 27.2 Å². The molecular formula is C14H18O3. The predicted molar refractivity (Wildman–Crippen MR) is 64.2 cm³/mol. The molecular weight excluding hydrogens is 216 g/mol. The summed E-state index contributed by atoms with van der Waals surface area (Å²) in [5.41, 5.74) is 0.302. The monoisotopic (exact) mass is 234 g/mol. The summed E-state index contributed by atoms with van der Waals surface area (Å²) in [5.74, 6) is -0.329. The van der Waals surface area contributed by atoms with Gasteiger partial charge in [0.15, 0.2) is 0 Å². The molecule has 0 aromatic rings. The van der Waals surface area contributed by atoms with Crippen LogP contribution in [0.2, 0.25) is 0 Å². The van der Waals surface area contributed by atoms with Gasteiger partial charge < -0.3 is 4.74 Å². The summed E-state index contributed by atoms with van der Waals surface area (Å²) in [7, 11) is 1.35. The first kappa shape index (κ1) is 12.1. The molecule has 3 rings (SSSR count). The Bertz CT molecular complexity index is 456. The fourth-order valence-electron chi connectivity index (χ4n) is 3.30. The van der Waals surface area contributed by atoms with Crippen molar-refractivity contribution in [3.8, 4) is 0 Å². The summed E-state index contributed by atoms with van der Waals surface area (Å²) in [5, 5.41) is 0. The zero-order chi connectivity index (χ0) is 13.0. The summed E-state index contributed by atoms with van der Waals surface area (Å²) in [6.45, 7) is 9.71. The van der Waals surface area contributed by atoms with Gasteiger partial charge in [0, 0.05) is 16.9 Å². The first-order chi connectivity index (χ1) is 7.75. The van der Waals surface area contributed by atoms with Crippen LogP contribution in [0.1, 0.15) is 27.2 Å². The van der Waals surface area contributed by atoms with Crippen LogP contribution in [0.3, 0.4) is 0 Å².